The van der Waals surface area contributed by atoms with E-state index in [9.17, 15) is 14.3 Å². The summed E-state index contributed by atoms with van der Waals surface area (Å²) < 4.78 is 13.3. The smallest absolute Gasteiger partial charge is 0.238 e. The summed E-state index contributed by atoms with van der Waals surface area (Å²) in [4.78, 5) is 13.6. The van der Waals surface area contributed by atoms with Crippen molar-refractivity contribution in [2.75, 3.05) is 25.0 Å². The minimum Gasteiger partial charge on any atom is -0.387 e. The summed E-state index contributed by atoms with van der Waals surface area (Å²) in [5, 5.41) is 12.5. The molecule has 1 fully saturated rings. The van der Waals surface area contributed by atoms with Crippen LogP contribution in [-0.4, -0.2) is 41.1 Å². The van der Waals surface area contributed by atoms with Crippen LogP contribution in [0.2, 0.25) is 0 Å². The summed E-state index contributed by atoms with van der Waals surface area (Å²) in [5.41, 5.74) is 0.365. The molecule has 0 aliphatic carbocycles. The highest BCUT2D eigenvalue weighted by Crippen LogP contribution is 2.23. The Morgan fingerprint density at radius 1 is 1.53 bits per heavy atom. The number of amides is 1. The number of β-amino-alcohol motifs (C(OH)–C–C–N with tert-alkyl or cyclic N) is 1. The Kier molecular flexibility index (Phi) is 3.87. The average Bonchev–Trinajstić information content (AvgIpc) is 2.31. The minimum atomic E-state index is -0.643. The number of hydrogen-bond donors (Lipinski definition) is 2. The maximum Gasteiger partial charge on any atom is 0.238 e. The molecule has 1 heterocycles. The van der Waals surface area contributed by atoms with E-state index in [-0.39, 0.29) is 18.3 Å². The molecular formula is C14H19FN2O2. The first kappa shape index (κ1) is 14.0. The molecule has 1 aliphatic heterocycles. The van der Waals surface area contributed by atoms with Crippen molar-refractivity contribution in [1.82, 2.24) is 4.90 Å². The molecule has 1 aromatic carbocycles. The molecule has 1 aliphatic rings. The molecule has 104 valence electrons. The third-order valence-corrected chi connectivity index (χ3v) is 3.52. The first-order valence-electron chi connectivity index (χ1n) is 6.42. The van der Waals surface area contributed by atoms with Gasteiger partial charge in [-0.15, -0.1) is 0 Å². The zero-order chi connectivity index (χ0) is 14.0. The molecule has 1 saturated heterocycles. The van der Waals surface area contributed by atoms with Gasteiger partial charge in [-0.25, -0.2) is 4.39 Å². The maximum absolute atomic E-state index is 13.3. The van der Waals surface area contributed by atoms with E-state index in [0.717, 1.165) is 0 Å². The third-order valence-electron chi connectivity index (χ3n) is 3.52. The van der Waals surface area contributed by atoms with Crippen LogP contribution in [-0.2, 0) is 4.79 Å². The van der Waals surface area contributed by atoms with Crippen LogP contribution < -0.4 is 5.32 Å². The van der Waals surface area contributed by atoms with Gasteiger partial charge in [-0.3, -0.25) is 9.69 Å². The predicted octanol–water partition coefficient (Wildman–Crippen LogP) is 1.53. The van der Waals surface area contributed by atoms with Crippen molar-refractivity contribution in [3.05, 3.63) is 29.6 Å². The van der Waals surface area contributed by atoms with E-state index in [0.29, 0.717) is 30.8 Å². The number of aryl methyl sites for hydroxylation is 1. The number of carbonyl (C=O) groups excluding carboxylic acids is 1. The van der Waals surface area contributed by atoms with Gasteiger partial charge in [0.1, 0.15) is 5.82 Å². The summed E-state index contributed by atoms with van der Waals surface area (Å²) >= 11 is 0. The Labute approximate surface area is 112 Å². The molecule has 0 saturated carbocycles. The van der Waals surface area contributed by atoms with Crippen molar-refractivity contribution in [2.45, 2.75) is 25.9 Å². The lowest BCUT2D eigenvalue weighted by atomic mass is 9.91. The van der Waals surface area contributed by atoms with Crippen molar-refractivity contribution in [1.29, 1.82) is 0 Å². The molecule has 0 aromatic heterocycles. The Bertz CT molecular complexity index is 484. The minimum absolute atomic E-state index is 0.193. The molecule has 4 nitrogen and oxygen atoms in total. The van der Waals surface area contributed by atoms with Crippen molar-refractivity contribution >= 4 is 11.6 Å². The van der Waals surface area contributed by atoms with Gasteiger partial charge in [0.2, 0.25) is 5.91 Å². The van der Waals surface area contributed by atoms with Crippen LogP contribution in [0, 0.1) is 12.7 Å². The Morgan fingerprint density at radius 2 is 2.21 bits per heavy atom. The van der Waals surface area contributed by atoms with Crippen LogP contribution in [0.4, 0.5) is 10.1 Å². The van der Waals surface area contributed by atoms with Gasteiger partial charge in [-0.05, 0) is 31.0 Å². The van der Waals surface area contributed by atoms with Crippen LogP contribution in [0.3, 0.4) is 0 Å². The van der Waals surface area contributed by atoms with Gasteiger partial charge in [-0.1, -0.05) is 13.0 Å². The van der Waals surface area contributed by atoms with Gasteiger partial charge >= 0.3 is 0 Å². The van der Waals surface area contributed by atoms with E-state index < -0.39 is 5.60 Å². The van der Waals surface area contributed by atoms with E-state index in [2.05, 4.69) is 5.32 Å². The van der Waals surface area contributed by atoms with E-state index in [1.54, 1.807) is 19.1 Å². The van der Waals surface area contributed by atoms with Gasteiger partial charge in [0.15, 0.2) is 0 Å². The van der Waals surface area contributed by atoms with Crippen LogP contribution in [0.15, 0.2) is 18.2 Å². The van der Waals surface area contributed by atoms with Crippen molar-refractivity contribution in [3.8, 4) is 0 Å². The molecule has 0 bridgehead atoms. The summed E-state index contributed by atoms with van der Waals surface area (Å²) in [5.74, 6) is -0.525. The molecule has 0 spiro atoms. The monoisotopic (exact) mass is 266 g/mol. The number of benzene rings is 1. The number of likely N-dealkylation sites (tertiary alicyclic amines) is 1. The number of aliphatic hydroxyl groups is 1. The number of nitrogens with zero attached hydrogens (tertiary/aromatic N) is 1. The quantitative estimate of drug-likeness (QED) is 0.869. The molecule has 1 amide bonds. The van der Waals surface area contributed by atoms with Gasteiger partial charge in [0.05, 0.1) is 12.1 Å². The van der Waals surface area contributed by atoms with Crippen LogP contribution >= 0.6 is 0 Å². The van der Waals surface area contributed by atoms with E-state index >= 15 is 0 Å². The molecule has 2 rings (SSSR count). The number of nitrogens with one attached hydrogen (secondary N) is 1. The van der Waals surface area contributed by atoms with Crippen LogP contribution in [0.1, 0.15) is 18.9 Å². The second-order valence-electron chi connectivity index (χ2n) is 5.24. The summed E-state index contributed by atoms with van der Waals surface area (Å²) in [7, 11) is 0. The molecule has 5 heteroatoms. The van der Waals surface area contributed by atoms with Gasteiger partial charge in [0.25, 0.3) is 0 Å². The van der Waals surface area contributed by atoms with Crippen molar-refractivity contribution in [2.24, 2.45) is 0 Å². The predicted molar refractivity (Wildman–Crippen MR) is 71.4 cm³/mol. The molecular weight excluding hydrogens is 247 g/mol. The molecule has 0 unspecified atom stereocenters. The number of carbonyl (C=O) groups is 1. The van der Waals surface area contributed by atoms with Crippen molar-refractivity contribution < 1.29 is 14.3 Å². The van der Waals surface area contributed by atoms with E-state index in [1.807, 2.05) is 11.8 Å². The highest BCUT2D eigenvalue weighted by Gasteiger charge is 2.39. The standard InChI is InChI=1S/C14H19FN2O2/c1-3-14(19)8-17(9-14)7-13(18)16-11-5-4-10(2)12(15)6-11/h4-6,19H,3,7-9H2,1-2H3,(H,16,18). The summed E-state index contributed by atoms with van der Waals surface area (Å²) in [6.07, 6.45) is 0.689. The zero-order valence-electron chi connectivity index (χ0n) is 11.2. The lowest BCUT2D eigenvalue weighted by molar-refractivity contribution is -0.128. The zero-order valence-corrected chi connectivity index (χ0v) is 11.2. The Balaban J connectivity index is 1.84. The molecule has 2 N–H and O–H groups in total. The third kappa shape index (κ3) is 3.30. The number of rotatable bonds is 4. The molecule has 0 radical (unpaired) electrons. The average molecular weight is 266 g/mol. The Hall–Kier alpha value is -1.46. The first-order chi connectivity index (χ1) is 8.92. The van der Waals surface area contributed by atoms with Crippen LogP contribution in [0.5, 0.6) is 0 Å². The lowest BCUT2D eigenvalue weighted by Crippen LogP contribution is -2.62. The summed E-state index contributed by atoms with van der Waals surface area (Å²) in [6, 6.07) is 4.62. The van der Waals surface area contributed by atoms with Crippen LogP contribution in [0.25, 0.3) is 0 Å². The maximum atomic E-state index is 13.3. The molecule has 19 heavy (non-hydrogen) atoms. The fourth-order valence-electron chi connectivity index (χ4n) is 2.20. The largest absolute Gasteiger partial charge is 0.387 e. The highest BCUT2D eigenvalue weighted by molar-refractivity contribution is 5.92. The fraction of sp³-hybridized carbons (Fsp3) is 0.500. The van der Waals surface area contributed by atoms with Gasteiger partial charge in [-0.2, -0.15) is 0 Å². The highest BCUT2D eigenvalue weighted by atomic mass is 19.1. The van der Waals surface area contributed by atoms with E-state index in [1.165, 1.54) is 6.07 Å². The normalized spacial score (nSPS) is 17.9. The summed E-state index contributed by atoms with van der Waals surface area (Å²) in [6.45, 7) is 4.84. The fourth-order valence-corrected chi connectivity index (χ4v) is 2.20. The molecule has 0 atom stereocenters. The SMILES string of the molecule is CCC1(O)CN(CC(=O)Nc2ccc(C)c(F)c2)C1. The topological polar surface area (TPSA) is 52.6 Å². The number of halogens is 1. The van der Waals surface area contributed by atoms with Gasteiger partial charge < -0.3 is 10.4 Å². The second-order valence-corrected chi connectivity index (χ2v) is 5.24. The number of hydrogen-bond acceptors (Lipinski definition) is 3. The first-order valence-corrected chi connectivity index (χ1v) is 6.42. The number of anilines is 1. The second kappa shape index (κ2) is 5.27. The Morgan fingerprint density at radius 3 is 2.79 bits per heavy atom. The van der Waals surface area contributed by atoms with Gasteiger partial charge in [0, 0.05) is 18.8 Å². The van der Waals surface area contributed by atoms with Crippen molar-refractivity contribution in [3.63, 3.8) is 0 Å². The lowest BCUT2D eigenvalue weighted by Gasteiger charge is -2.45. The van der Waals surface area contributed by atoms with E-state index in [4.69, 9.17) is 0 Å². The molecule has 1 aromatic rings.